The van der Waals surface area contributed by atoms with Crippen molar-refractivity contribution in [2.45, 2.75) is 18.9 Å². The van der Waals surface area contributed by atoms with Crippen LogP contribution >= 0.6 is 0 Å². The summed E-state index contributed by atoms with van der Waals surface area (Å²) in [7, 11) is 1.69. The van der Waals surface area contributed by atoms with Crippen LogP contribution in [0.25, 0.3) is 0 Å². The average Bonchev–Trinajstić information content (AvgIpc) is 3.05. The average molecular weight is 265 g/mol. The van der Waals surface area contributed by atoms with Crippen molar-refractivity contribution >= 4 is 17.9 Å². The Morgan fingerprint density at radius 3 is 2.74 bits per heavy atom. The van der Waals surface area contributed by atoms with E-state index in [0.29, 0.717) is 5.69 Å². The van der Waals surface area contributed by atoms with Crippen LogP contribution in [-0.2, 0) is 16.6 Å². The summed E-state index contributed by atoms with van der Waals surface area (Å²) in [6.07, 6.45) is 3.56. The number of ether oxygens (including phenoxy) is 1. The Labute approximate surface area is 109 Å². The van der Waals surface area contributed by atoms with Crippen molar-refractivity contribution in [2.75, 3.05) is 6.61 Å². The second kappa shape index (κ2) is 5.55. The van der Waals surface area contributed by atoms with Crippen LogP contribution in [0, 0.1) is 0 Å². The fourth-order valence-electron chi connectivity index (χ4n) is 1.49. The van der Waals surface area contributed by atoms with Crippen LogP contribution in [0.4, 0.5) is 4.79 Å². The smallest absolute Gasteiger partial charge is 0.355 e. The molecule has 0 aromatic carbocycles. The van der Waals surface area contributed by atoms with Crippen molar-refractivity contribution in [3.05, 3.63) is 24.0 Å². The molecule has 0 unspecified atom stereocenters. The molecule has 0 atom stereocenters. The van der Waals surface area contributed by atoms with Gasteiger partial charge in [0.25, 0.3) is 5.91 Å². The van der Waals surface area contributed by atoms with Gasteiger partial charge in [-0.3, -0.25) is 10.1 Å². The molecular weight excluding hydrogens is 250 g/mol. The highest BCUT2D eigenvalue weighted by Crippen LogP contribution is 2.18. The molecule has 1 saturated carbocycles. The number of amides is 3. The maximum absolute atomic E-state index is 11.6. The van der Waals surface area contributed by atoms with Gasteiger partial charge in [-0.05, 0) is 25.0 Å². The molecule has 0 spiro atoms. The number of carbonyl (C=O) groups excluding carboxylic acids is 3. The third-order valence-electron chi connectivity index (χ3n) is 2.65. The summed E-state index contributed by atoms with van der Waals surface area (Å²) in [5.74, 6) is -1.26. The zero-order valence-electron chi connectivity index (χ0n) is 10.5. The Morgan fingerprint density at radius 1 is 1.42 bits per heavy atom. The Morgan fingerprint density at radius 2 is 2.16 bits per heavy atom. The van der Waals surface area contributed by atoms with Crippen LogP contribution in [0.1, 0.15) is 23.3 Å². The molecule has 1 aliphatic rings. The molecule has 0 saturated heterocycles. The lowest BCUT2D eigenvalue weighted by Gasteiger charge is -2.07. The van der Waals surface area contributed by atoms with Gasteiger partial charge < -0.3 is 14.6 Å². The number of aryl methyl sites for hydroxylation is 1. The second-order valence-corrected chi connectivity index (χ2v) is 4.38. The number of imide groups is 1. The number of aromatic nitrogens is 1. The lowest BCUT2D eigenvalue weighted by Crippen LogP contribution is -2.42. The lowest BCUT2D eigenvalue weighted by atomic mass is 10.4. The standard InChI is InChI=1S/C12H15N3O4/c1-15-6-2-3-9(15)11(17)19-7-10(16)14-12(18)13-8-4-5-8/h2-3,6,8H,4-5,7H2,1H3,(H2,13,14,16,18). The fourth-order valence-corrected chi connectivity index (χ4v) is 1.49. The summed E-state index contributed by atoms with van der Waals surface area (Å²) in [4.78, 5) is 34.2. The number of hydrogen-bond donors (Lipinski definition) is 2. The number of hydrogen-bond acceptors (Lipinski definition) is 4. The van der Waals surface area contributed by atoms with Crippen LogP contribution in [-0.4, -0.2) is 35.1 Å². The number of carbonyl (C=O) groups is 3. The highest BCUT2D eigenvalue weighted by molar-refractivity contribution is 5.96. The van der Waals surface area contributed by atoms with Gasteiger partial charge in [0.15, 0.2) is 6.61 Å². The zero-order chi connectivity index (χ0) is 13.8. The zero-order valence-corrected chi connectivity index (χ0v) is 10.5. The molecule has 0 bridgehead atoms. The predicted octanol–water partition coefficient (Wildman–Crippen LogP) is 0.170. The molecule has 2 N–H and O–H groups in total. The Kier molecular flexibility index (Phi) is 3.84. The summed E-state index contributed by atoms with van der Waals surface area (Å²) < 4.78 is 6.38. The van der Waals surface area contributed by atoms with E-state index in [4.69, 9.17) is 4.74 Å². The van der Waals surface area contributed by atoms with Crippen molar-refractivity contribution in [2.24, 2.45) is 7.05 Å². The lowest BCUT2D eigenvalue weighted by molar-refractivity contribution is -0.123. The van der Waals surface area contributed by atoms with Crippen molar-refractivity contribution in [1.29, 1.82) is 0 Å². The van der Waals surface area contributed by atoms with Gasteiger partial charge in [-0.1, -0.05) is 0 Å². The third-order valence-corrected chi connectivity index (χ3v) is 2.65. The number of nitrogens with zero attached hydrogens (tertiary/aromatic N) is 1. The minimum Gasteiger partial charge on any atom is -0.451 e. The van der Waals surface area contributed by atoms with Gasteiger partial charge in [0, 0.05) is 19.3 Å². The van der Waals surface area contributed by atoms with Gasteiger partial charge in [0.2, 0.25) is 0 Å². The third kappa shape index (κ3) is 3.84. The Hall–Kier alpha value is -2.31. The molecule has 1 aliphatic carbocycles. The number of nitrogens with one attached hydrogen (secondary N) is 2. The van der Waals surface area contributed by atoms with Gasteiger partial charge >= 0.3 is 12.0 Å². The van der Waals surface area contributed by atoms with Crippen LogP contribution in [0.5, 0.6) is 0 Å². The first-order chi connectivity index (χ1) is 9.06. The largest absolute Gasteiger partial charge is 0.451 e. The van der Waals surface area contributed by atoms with Crippen LogP contribution < -0.4 is 10.6 Å². The van der Waals surface area contributed by atoms with Gasteiger partial charge in [0.05, 0.1) is 0 Å². The number of urea groups is 1. The van der Waals surface area contributed by atoms with Crippen molar-refractivity contribution in [3.63, 3.8) is 0 Å². The molecule has 2 rings (SSSR count). The minimum absolute atomic E-state index is 0.165. The Balaban J connectivity index is 1.72. The molecule has 7 heteroatoms. The Bertz CT molecular complexity index is 505. The summed E-state index contributed by atoms with van der Waals surface area (Å²) >= 11 is 0. The van der Waals surface area contributed by atoms with Crippen LogP contribution in [0.3, 0.4) is 0 Å². The topological polar surface area (TPSA) is 89.4 Å². The van der Waals surface area contributed by atoms with E-state index in [1.54, 1.807) is 29.9 Å². The molecule has 0 aliphatic heterocycles. The van der Waals surface area contributed by atoms with E-state index in [2.05, 4.69) is 10.6 Å². The normalized spacial score (nSPS) is 13.7. The molecule has 3 amide bonds. The summed E-state index contributed by atoms with van der Waals surface area (Å²) in [5, 5.41) is 4.69. The molecule has 1 aromatic rings. The molecule has 7 nitrogen and oxygen atoms in total. The molecule has 102 valence electrons. The highest BCUT2D eigenvalue weighted by atomic mass is 16.5. The molecule has 0 radical (unpaired) electrons. The van der Waals surface area contributed by atoms with Crippen molar-refractivity contribution in [3.8, 4) is 0 Å². The number of esters is 1. The van der Waals surface area contributed by atoms with Crippen molar-refractivity contribution < 1.29 is 19.1 Å². The second-order valence-electron chi connectivity index (χ2n) is 4.38. The highest BCUT2D eigenvalue weighted by Gasteiger charge is 2.24. The maximum Gasteiger partial charge on any atom is 0.355 e. The molecule has 1 aromatic heterocycles. The monoisotopic (exact) mass is 265 g/mol. The van der Waals surface area contributed by atoms with E-state index in [-0.39, 0.29) is 6.04 Å². The maximum atomic E-state index is 11.6. The van der Waals surface area contributed by atoms with E-state index in [1.807, 2.05) is 0 Å². The molecule has 1 heterocycles. The van der Waals surface area contributed by atoms with Crippen LogP contribution in [0.2, 0.25) is 0 Å². The van der Waals surface area contributed by atoms with E-state index >= 15 is 0 Å². The minimum atomic E-state index is -0.652. The molecular formula is C12H15N3O4. The van der Waals surface area contributed by atoms with E-state index in [0.717, 1.165) is 12.8 Å². The van der Waals surface area contributed by atoms with Crippen molar-refractivity contribution in [1.82, 2.24) is 15.2 Å². The van der Waals surface area contributed by atoms with Gasteiger partial charge in [-0.2, -0.15) is 0 Å². The first kappa shape index (κ1) is 13.1. The van der Waals surface area contributed by atoms with E-state index in [9.17, 15) is 14.4 Å². The first-order valence-electron chi connectivity index (χ1n) is 5.95. The van der Waals surface area contributed by atoms with Gasteiger partial charge in [-0.25, -0.2) is 9.59 Å². The molecule has 1 fully saturated rings. The summed E-state index contributed by atoms with van der Waals surface area (Å²) in [5.41, 5.74) is 0.343. The summed E-state index contributed by atoms with van der Waals surface area (Å²) in [6.45, 7) is -0.484. The first-order valence-corrected chi connectivity index (χ1v) is 5.95. The quantitative estimate of drug-likeness (QED) is 0.759. The fraction of sp³-hybridized carbons (Fsp3) is 0.417. The van der Waals surface area contributed by atoms with Gasteiger partial charge in [0.1, 0.15) is 5.69 Å². The SMILES string of the molecule is Cn1cccc1C(=O)OCC(=O)NC(=O)NC1CC1. The molecule has 19 heavy (non-hydrogen) atoms. The predicted molar refractivity (Wildman–Crippen MR) is 65.4 cm³/mol. The van der Waals surface area contributed by atoms with E-state index in [1.165, 1.54) is 0 Å². The van der Waals surface area contributed by atoms with Gasteiger partial charge in [-0.15, -0.1) is 0 Å². The summed E-state index contributed by atoms with van der Waals surface area (Å²) in [6, 6.07) is 2.89. The number of rotatable bonds is 4. The van der Waals surface area contributed by atoms with Crippen LogP contribution in [0.15, 0.2) is 18.3 Å². The van der Waals surface area contributed by atoms with E-state index < -0.39 is 24.5 Å².